The number of aromatic nitrogens is 1. The summed E-state index contributed by atoms with van der Waals surface area (Å²) >= 11 is 0. The van der Waals surface area contributed by atoms with Crippen LogP contribution in [0.1, 0.15) is 12.0 Å². The number of rotatable bonds is 5. The van der Waals surface area contributed by atoms with Crippen LogP contribution < -0.4 is 15.5 Å². The molecule has 1 aromatic carbocycles. The first-order valence-corrected chi connectivity index (χ1v) is 12.1. The second-order valence-electron chi connectivity index (χ2n) is 7.80. The molecule has 1 fully saturated rings. The van der Waals surface area contributed by atoms with Crippen LogP contribution in [0.2, 0.25) is 0 Å². The Morgan fingerprint density at radius 1 is 1.22 bits per heavy atom. The summed E-state index contributed by atoms with van der Waals surface area (Å²) in [5.41, 5.74) is 1.93. The number of allylic oxidation sites excluding steroid dienone is 1. The molecule has 164 valence electrons. The summed E-state index contributed by atoms with van der Waals surface area (Å²) in [6, 6.07) is 10.3. The molecule has 0 bridgehead atoms. The Balaban J connectivity index is 1.39. The number of hydrogen-bond donors (Lipinski definition) is 2. The van der Waals surface area contributed by atoms with Gasteiger partial charge in [0.2, 0.25) is 0 Å². The Kier molecular flexibility index (Phi) is 4.93. The van der Waals surface area contributed by atoms with E-state index >= 15 is 0 Å². The summed E-state index contributed by atoms with van der Waals surface area (Å²) in [6.45, 7) is 1.93. The second-order valence-corrected chi connectivity index (χ2v) is 9.78. The van der Waals surface area contributed by atoms with Crippen LogP contribution >= 0.6 is 0 Å². The average Bonchev–Trinajstić information content (AvgIpc) is 3.15. The van der Waals surface area contributed by atoms with E-state index in [9.17, 15) is 13.2 Å². The highest BCUT2D eigenvalue weighted by Gasteiger charge is 2.32. The van der Waals surface area contributed by atoms with Crippen molar-refractivity contribution in [3.8, 4) is 0 Å². The molecule has 32 heavy (non-hydrogen) atoms. The zero-order valence-electron chi connectivity index (χ0n) is 17.4. The quantitative estimate of drug-likeness (QED) is 0.714. The number of hydrazone groups is 1. The molecule has 1 aromatic heterocycles. The summed E-state index contributed by atoms with van der Waals surface area (Å²) in [5, 5.41) is 12.2. The van der Waals surface area contributed by atoms with Crippen LogP contribution in [0.15, 0.2) is 76.6 Å². The van der Waals surface area contributed by atoms with Crippen LogP contribution in [0.25, 0.3) is 0 Å². The summed E-state index contributed by atoms with van der Waals surface area (Å²) in [7, 11) is -3.44. The molecule has 5 rings (SSSR count). The van der Waals surface area contributed by atoms with Gasteiger partial charge in [-0.15, -0.1) is 0 Å². The van der Waals surface area contributed by atoms with Gasteiger partial charge in [0.15, 0.2) is 9.84 Å². The van der Waals surface area contributed by atoms with Crippen molar-refractivity contribution in [1.82, 2.24) is 15.3 Å². The van der Waals surface area contributed by atoms with Gasteiger partial charge >= 0.3 is 0 Å². The summed E-state index contributed by atoms with van der Waals surface area (Å²) in [4.78, 5) is 19.7. The van der Waals surface area contributed by atoms with Gasteiger partial charge < -0.3 is 15.5 Å². The molecular weight excluding hydrogens is 428 g/mol. The first-order valence-electron chi connectivity index (χ1n) is 10.2. The fourth-order valence-electron chi connectivity index (χ4n) is 3.76. The van der Waals surface area contributed by atoms with Crippen LogP contribution in [0.3, 0.4) is 0 Å². The van der Waals surface area contributed by atoms with Gasteiger partial charge in [0.25, 0.3) is 5.91 Å². The standard InChI is InChI=1S/C22H22N6O3S/c1-32(30,31)19-6-3-2-5-16(19)17-7-8-20-24-14-18(28(20)26-17)22(29)25-15-9-10-23-21(13-15)27-11-4-12-27/h2-3,5-10,13-14,20,24H,4,11-12H2,1H3,(H,23,25,29). The summed E-state index contributed by atoms with van der Waals surface area (Å²) < 4.78 is 24.4. The molecule has 2 aromatic rings. The molecule has 1 amide bonds. The fraction of sp³-hybridized carbons (Fsp3) is 0.227. The summed E-state index contributed by atoms with van der Waals surface area (Å²) in [6.07, 6.45) is 8.87. The van der Waals surface area contributed by atoms with Crippen molar-refractivity contribution in [3.63, 3.8) is 0 Å². The number of amides is 1. The highest BCUT2D eigenvalue weighted by molar-refractivity contribution is 7.90. The van der Waals surface area contributed by atoms with Crippen LogP contribution in [0, 0.1) is 0 Å². The molecule has 1 unspecified atom stereocenters. The topological polar surface area (TPSA) is 107 Å². The van der Waals surface area contributed by atoms with E-state index in [1.165, 1.54) is 6.26 Å². The minimum Gasteiger partial charge on any atom is -0.365 e. The van der Waals surface area contributed by atoms with Crippen molar-refractivity contribution >= 4 is 33.0 Å². The van der Waals surface area contributed by atoms with Crippen molar-refractivity contribution in [2.24, 2.45) is 5.10 Å². The molecule has 1 atom stereocenters. The number of sulfone groups is 1. The van der Waals surface area contributed by atoms with Gasteiger partial charge in [0, 0.05) is 49.1 Å². The molecule has 0 aliphatic carbocycles. The van der Waals surface area contributed by atoms with Gasteiger partial charge in [-0.25, -0.2) is 18.4 Å². The predicted octanol–water partition coefficient (Wildman–Crippen LogP) is 1.68. The Hall–Kier alpha value is -3.66. The van der Waals surface area contributed by atoms with E-state index < -0.39 is 9.84 Å². The molecule has 0 saturated carbocycles. The molecule has 3 aliphatic heterocycles. The van der Waals surface area contributed by atoms with E-state index in [0.717, 1.165) is 25.3 Å². The Morgan fingerprint density at radius 2 is 2.03 bits per heavy atom. The third-order valence-electron chi connectivity index (χ3n) is 5.53. The Bertz CT molecular complexity index is 1280. The molecule has 0 radical (unpaired) electrons. The zero-order chi connectivity index (χ0) is 22.3. The molecule has 3 aliphatic rings. The van der Waals surface area contributed by atoms with Gasteiger partial charge in [-0.3, -0.25) is 4.79 Å². The van der Waals surface area contributed by atoms with Crippen molar-refractivity contribution in [2.75, 3.05) is 29.6 Å². The number of benzene rings is 1. The number of anilines is 2. The molecular formula is C22H22N6O3S. The summed E-state index contributed by atoms with van der Waals surface area (Å²) in [5.74, 6) is 0.514. The fourth-order valence-corrected chi connectivity index (χ4v) is 4.66. The minimum atomic E-state index is -3.44. The third-order valence-corrected chi connectivity index (χ3v) is 6.69. The first-order chi connectivity index (χ1) is 15.4. The lowest BCUT2D eigenvalue weighted by Crippen LogP contribution is -2.38. The Labute approximate surface area is 186 Å². The van der Waals surface area contributed by atoms with Gasteiger partial charge in [-0.1, -0.05) is 18.2 Å². The highest BCUT2D eigenvalue weighted by atomic mass is 32.2. The average molecular weight is 451 g/mol. The largest absolute Gasteiger partial charge is 0.365 e. The number of carbonyl (C=O) groups is 1. The van der Waals surface area contributed by atoms with Crippen molar-refractivity contribution in [1.29, 1.82) is 0 Å². The lowest BCUT2D eigenvalue weighted by atomic mass is 10.1. The van der Waals surface area contributed by atoms with Gasteiger partial charge in [0.05, 0.1) is 10.6 Å². The lowest BCUT2D eigenvalue weighted by molar-refractivity contribution is -0.114. The number of carbonyl (C=O) groups excluding carboxylic acids is 1. The van der Waals surface area contributed by atoms with Crippen LogP contribution in [0.4, 0.5) is 11.5 Å². The smallest absolute Gasteiger partial charge is 0.275 e. The SMILES string of the molecule is CS(=O)(=O)c1ccccc1C1=NN2C(C(=O)Nc3ccnc(N4CCC4)c3)=CNC2C=C1. The minimum absolute atomic E-state index is 0.194. The van der Waals surface area contributed by atoms with E-state index in [-0.39, 0.29) is 17.0 Å². The van der Waals surface area contributed by atoms with Crippen LogP contribution in [0.5, 0.6) is 0 Å². The number of pyridine rings is 1. The molecule has 9 nitrogen and oxygen atoms in total. The van der Waals surface area contributed by atoms with E-state index in [1.807, 2.05) is 12.1 Å². The third kappa shape index (κ3) is 3.73. The van der Waals surface area contributed by atoms with Crippen LogP contribution in [-0.4, -0.2) is 55.5 Å². The van der Waals surface area contributed by atoms with Gasteiger partial charge in [0.1, 0.15) is 17.7 Å². The lowest BCUT2D eigenvalue weighted by Gasteiger charge is -2.32. The van der Waals surface area contributed by atoms with Crippen molar-refractivity contribution in [3.05, 3.63) is 72.2 Å². The van der Waals surface area contributed by atoms with Crippen molar-refractivity contribution in [2.45, 2.75) is 17.5 Å². The van der Waals surface area contributed by atoms with Crippen LogP contribution in [-0.2, 0) is 14.6 Å². The van der Waals surface area contributed by atoms with E-state index in [2.05, 4.69) is 25.6 Å². The van der Waals surface area contributed by atoms with E-state index in [1.54, 1.807) is 53.8 Å². The molecule has 10 heteroatoms. The number of nitrogens with zero attached hydrogens (tertiary/aromatic N) is 4. The normalized spacial score (nSPS) is 19.5. The molecule has 0 spiro atoms. The highest BCUT2D eigenvalue weighted by Crippen LogP contribution is 2.26. The van der Waals surface area contributed by atoms with Crippen molar-refractivity contribution < 1.29 is 13.2 Å². The molecule has 1 saturated heterocycles. The molecule has 2 N–H and O–H groups in total. The Morgan fingerprint density at radius 3 is 2.78 bits per heavy atom. The maximum Gasteiger partial charge on any atom is 0.275 e. The predicted molar refractivity (Wildman–Crippen MR) is 122 cm³/mol. The number of hydrogen-bond acceptors (Lipinski definition) is 8. The first kappa shape index (κ1) is 20.3. The maximum atomic E-state index is 13.0. The van der Waals surface area contributed by atoms with E-state index in [4.69, 9.17) is 0 Å². The van der Waals surface area contributed by atoms with E-state index in [0.29, 0.717) is 22.7 Å². The maximum absolute atomic E-state index is 13.0. The van der Waals surface area contributed by atoms with Gasteiger partial charge in [-0.05, 0) is 30.7 Å². The number of nitrogens with one attached hydrogen (secondary N) is 2. The monoisotopic (exact) mass is 450 g/mol. The second kappa shape index (κ2) is 7.79. The zero-order valence-corrected chi connectivity index (χ0v) is 18.2. The van der Waals surface area contributed by atoms with Gasteiger partial charge in [-0.2, -0.15) is 5.10 Å². The number of fused-ring (bicyclic) bond motifs is 1. The molecule has 4 heterocycles.